The number of amides is 3. The Morgan fingerprint density at radius 2 is 1.28 bits per heavy atom. The first-order valence-electron chi connectivity index (χ1n) is 11.4. The van der Waals surface area contributed by atoms with E-state index in [2.05, 4.69) is 28.6 Å². The van der Waals surface area contributed by atoms with E-state index < -0.39 is 54.0 Å². The molecule has 0 spiro atoms. The molecule has 0 saturated heterocycles. The summed E-state index contributed by atoms with van der Waals surface area (Å²) in [7, 11) is 0. The van der Waals surface area contributed by atoms with E-state index in [0.29, 0.717) is 5.56 Å². The minimum absolute atomic E-state index is 0.0469. The molecule has 2 rings (SSSR count). The van der Waals surface area contributed by atoms with E-state index >= 15 is 0 Å². The lowest BCUT2D eigenvalue weighted by Crippen LogP contribution is -2.59. The highest BCUT2D eigenvalue weighted by atomic mass is 32.1. The van der Waals surface area contributed by atoms with Crippen LogP contribution in [0.5, 0.6) is 0 Å². The van der Waals surface area contributed by atoms with Crippen molar-refractivity contribution in [3.05, 3.63) is 71.8 Å². The summed E-state index contributed by atoms with van der Waals surface area (Å²) in [5.74, 6) is -3.54. The molecule has 5 atom stereocenters. The van der Waals surface area contributed by atoms with Crippen LogP contribution in [0.25, 0.3) is 0 Å². The molecule has 7 N–H and O–H groups in total. The molecule has 2 aromatic rings. The molecule has 0 heterocycles. The van der Waals surface area contributed by atoms with E-state index in [-0.39, 0.29) is 18.6 Å². The number of nitrogens with one attached hydrogen (secondary N) is 3. The maximum atomic E-state index is 13.0. The van der Waals surface area contributed by atoms with Crippen LogP contribution in [-0.4, -0.2) is 69.9 Å². The minimum atomic E-state index is -1.57. The second-order valence-electron chi connectivity index (χ2n) is 8.36. The van der Waals surface area contributed by atoms with E-state index in [1.165, 1.54) is 6.92 Å². The molecule has 3 amide bonds. The molecule has 0 aliphatic carbocycles. The molecule has 0 fully saturated rings. The zero-order valence-electron chi connectivity index (χ0n) is 19.8. The van der Waals surface area contributed by atoms with Crippen molar-refractivity contribution in [2.24, 2.45) is 5.73 Å². The van der Waals surface area contributed by atoms with Crippen LogP contribution in [0.2, 0.25) is 0 Å². The molecule has 0 aliphatic heterocycles. The van der Waals surface area contributed by atoms with Gasteiger partial charge < -0.3 is 31.9 Å². The van der Waals surface area contributed by atoms with Crippen LogP contribution in [0.4, 0.5) is 0 Å². The van der Waals surface area contributed by atoms with Crippen molar-refractivity contribution in [3.8, 4) is 0 Å². The van der Waals surface area contributed by atoms with E-state index in [1.807, 2.05) is 30.3 Å². The van der Waals surface area contributed by atoms with Crippen molar-refractivity contribution in [1.29, 1.82) is 0 Å². The lowest BCUT2D eigenvalue weighted by atomic mass is 10.0. The maximum absolute atomic E-state index is 13.0. The van der Waals surface area contributed by atoms with Crippen LogP contribution in [0.3, 0.4) is 0 Å². The molecular formula is C25H32N4O6S. The Labute approximate surface area is 215 Å². The molecule has 0 bridgehead atoms. The van der Waals surface area contributed by atoms with Gasteiger partial charge in [-0.05, 0) is 24.5 Å². The lowest BCUT2D eigenvalue weighted by molar-refractivity contribution is -0.145. The Morgan fingerprint density at radius 1 is 0.806 bits per heavy atom. The molecular weight excluding hydrogens is 484 g/mol. The van der Waals surface area contributed by atoms with Crippen molar-refractivity contribution in [1.82, 2.24) is 16.0 Å². The van der Waals surface area contributed by atoms with Gasteiger partial charge in [0.25, 0.3) is 0 Å². The predicted octanol–water partition coefficient (Wildman–Crippen LogP) is -0.351. The zero-order valence-corrected chi connectivity index (χ0v) is 20.7. The summed E-state index contributed by atoms with van der Waals surface area (Å²) in [6.45, 7) is 1.23. The quantitative estimate of drug-likeness (QED) is 0.178. The first-order valence-corrected chi connectivity index (χ1v) is 12.0. The number of carboxylic acid groups (broad SMARTS) is 1. The van der Waals surface area contributed by atoms with Gasteiger partial charge in [0.05, 0.1) is 12.1 Å². The minimum Gasteiger partial charge on any atom is -0.480 e. The Bertz CT molecular complexity index is 1020. The molecule has 0 aliphatic rings. The van der Waals surface area contributed by atoms with E-state index in [4.69, 9.17) is 5.73 Å². The first kappa shape index (κ1) is 28.8. The maximum Gasteiger partial charge on any atom is 0.328 e. The Kier molecular flexibility index (Phi) is 11.4. The lowest BCUT2D eigenvalue weighted by Gasteiger charge is -2.25. The predicted molar refractivity (Wildman–Crippen MR) is 137 cm³/mol. The highest BCUT2D eigenvalue weighted by molar-refractivity contribution is 7.80. The van der Waals surface area contributed by atoms with Gasteiger partial charge in [-0.1, -0.05) is 60.7 Å². The third kappa shape index (κ3) is 8.99. The molecule has 5 unspecified atom stereocenters. The fraction of sp³-hybridized carbons (Fsp3) is 0.360. The summed E-state index contributed by atoms with van der Waals surface area (Å²) in [5, 5.41) is 26.4. The van der Waals surface area contributed by atoms with Crippen molar-refractivity contribution in [3.63, 3.8) is 0 Å². The number of carboxylic acids is 1. The molecule has 36 heavy (non-hydrogen) atoms. The van der Waals surface area contributed by atoms with Crippen molar-refractivity contribution < 1.29 is 29.4 Å². The van der Waals surface area contributed by atoms with Crippen LogP contribution in [-0.2, 0) is 32.0 Å². The fourth-order valence-corrected chi connectivity index (χ4v) is 3.66. The number of benzene rings is 2. The molecule has 11 heteroatoms. The van der Waals surface area contributed by atoms with Gasteiger partial charge in [0.15, 0.2) is 6.04 Å². The van der Waals surface area contributed by atoms with E-state index in [9.17, 15) is 29.4 Å². The molecule has 194 valence electrons. The highest BCUT2D eigenvalue weighted by Gasteiger charge is 2.31. The second-order valence-corrected chi connectivity index (χ2v) is 8.72. The van der Waals surface area contributed by atoms with Gasteiger partial charge in [0.2, 0.25) is 17.7 Å². The van der Waals surface area contributed by atoms with Gasteiger partial charge in [-0.25, -0.2) is 4.79 Å². The number of hydrogen-bond acceptors (Lipinski definition) is 7. The van der Waals surface area contributed by atoms with Crippen LogP contribution in [0.15, 0.2) is 60.7 Å². The molecule has 2 aromatic carbocycles. The largest absolute Gasteiger partial charge is 0.480 e. The SMILES string of the molecule is CC(O)C(NC(=O)C(Cc1ccccc1)NC(=O)C(CS)NC(=O)C(N)Cc1ccccc1)C(=O)O. The topological polar surface area (TPSA) is 171 Å². The first-order chi connectivity index (χ1) is 17.1. The third-order valence-electron chi connectivity index (χ3n) is 5.41. The molecule has 0 radical (unpaired) electrons. The highest BCUT2D eigenvalue weighted by Crippen LogP contribution is 2.07. The number of thiol groups is 1. The van der Waals surface area contributed by atoms with Crippen LogP contribution in [0.1, 0.15) is 18.1 Å². The van der Waals surface area contributed by atoms with Gasteiger partial charge in [0.1, 0.15) is 12.1 Å². The summed E-state index contributed by atoms with van der Waals surface area (Å²) < 4.78 is 0. The summed E-state index contributed by atoms with van der Waals surface area (Å²) in [6, 6.07) is 13.2. The van der Waals surface area contributed by atoms with Crippen LogP contribution in [0, 0.1) is 0 Å². The molecule has 0 aromatic heterocycles. The Balaban J connectivity index is 2.11. The standard InChI is InChI=1S/C25H32N4O6S/c1-15(30)21(25(34)35)29-23(32)19(13-17-10-6-3-7-11-17)27-24(33)20(14-36)28-22(31)18(26)12-16-8-4-2-5-9-16/h2-11,15,18-21,30,36H,12-14,26H2,1H3,(H,27,33)(H,28,31)(H,29,32)(H,34,35). The van der Waals surface area contributed by atoms with Gasteiger partial charge >= 0.3 is 5.97 Å². The number of carbonyl (C=O) groups excluding carboxylic acids is 3. The number of hydrogen-bond donors (Lipinski definition) is 7. The smallest absolute Gasteiger partial charge is 0.328 e. The zero-order chi connectivity index (χ0) is 26.7. The second kappa shape index (κ2) is 14.2. The number of carbonyl (C=O) groups is 4. The number of aliphatic carboxylic acids is 1. The summed E-state index contributed by atoms with van der Waals surface area (Å²) in [4.78, 5) is 49.9. The van der Waals surface area contributed by atoms with E-state index in [0.717, 1.165) is 5.56 Å². The Hall–Kier alpha value is -3.41. The number of nitrogens with two attached hydrogens (primary N) is 1. The summed E-state index contributed by atoms with van der Waals surface area (Å²) >= 11 is 4.15. The summed E-state index contributed by atoms with van der Waals surface area (Å²) in [6.07, 6.45) is -1.05. The molecule has 0 saturated carbocycles. The molecule has 10 nitrogen and oxygen atoms in total. The Morgan fingerprint density at radius 3 is 1.75 bits per heavy atom. The van der Waals surface area contributed by atoms with E-state index in [1.54, 1.807) is 30.3 Å². The van der Waals surface area contributed by atoms with Gasteiger partial charge in [0, 0.05) is 12.2 Å². The average molecular weight is 517 g/mol. The fourth-order valence-electron chi connectivity index (χ4n) is 3.41. The van der Waals surface area contributed by atoms with Crippen LogP contribution < -0.4 is 21.7 Å². The van der Waals surface area contributed by atoms with Crippen molar-refractivity contribution in [2.75, 3.05) is 5.75 Å². The summed E-state index contributed by atoms with van der Waals surface area (Å²) in [5.41, 5.74) is 7.57. The number of aliphatic hydroxyl groups is 1. The van der Waals surface area contributed by atoms with Gasteiger partial charge in [-0.3, -0.25) is 14.4 Å². The normalized spacial score (nSPS) is 15.0. The van der Waals surface area contributed by atoms with Gasteiger partial charge in [-0.15, -0.1) is 0 Å². The monoisotopic (exact) mass is 516 g/mol. The van der Waals surface area contributed by atoms with Crippen molar-refractivity contribution >= 4 is 36.3 Å². The van der Waals surface area contributed by atoms with Gasteiger partial charge in [-0.2, -0.15) is 12.6 Å². The van der Waals surface area contributed by atoms with Crippen LogP contribution >= 0.6 is 12.6 Å². The number of rotatable bonds is 13. The average Bonchev–Trinajstić information content (AvgIpc) is 2.85. The third-order valence-corrected chi connectivity index (χ3v) is 5.78. The number of aliphatic hydroxyl groups excluding tert-OH is 1. The van der Waals surface area contributed by atoms with Crippen molar-refractivity contribution in [2.45, 2.75) is 50.0 Å².